The molecule has 0 bridgehead atoms. The van der Waals surface area contributed by atoms with Crippen LogP contribution in [0.2, 0.25) is 5.15 Å². The van der Waals surface area contributed by atoms with Crippen molar-refractivity contribution in [2.24, 2.45) is 0 Å². The summed E-state index contributed by atoms with van der Waals surface area (Å²) in [6, 6.07) is 8.27. The maximum atomic E-state index is 6.22. The lowest BCUT2D eigenvalue weighted by Gasteiger charge is -2.13. The lowest BCUT2D eigenvalue weighted by atomic mass is 10.1. The van der Waals surface area contributed by atoms with Gasteiger partial charge in [-0.2, -0.15) is 0 Å². The quantitative estimate of drug-likeness (QED) is 0.863. The van der Waals surface area contributed by atoms with Crippen molar-refractivity contribution in [1.29, 1.82) is 0 Å². The number of nitrogens with zero attached hydrogens (tertiary/aromatic N) is 1. The Labute approximate surface area is 101 Å². The van der Waals surface area contributed by atoms with Crippen molar-refractivity contribution in [3.05, 3.63) is 35.0 Å². The number of nitrogens with one attached hydrogen (secondary N) is 1. The van der Waals surface area contributed by atoms with Crippen LogP contribution >= 0.6 is 11.6 Å². The fourth-order valence-corrected chi connectivity index (χ4v) is 2.17. The van der Waals surface area contributed by atoms with Crippen molar-refractivity contribution in [3.63, 3.8) is 0 Å². The molecule has 0 fully saturated rings. The van der Waals surface area contributed by atoms with Crippen LogP contribution in [0.1, 0.15) is 12.5 Å². The lowest BCUT2D eigenvalue weighted by molar-refractivity contribution is 0.358. The number of aromatic amines is 1. The summed E-state index contributed by atoms with van der Waals surface area (Å²) in [7, 11) is 2.13. The number of hydrogen-bond acceptors (Lipinski definition) is 1. The Bertz CT molecular complexity index is 476. The van der Waals surface area contributed by atoms with Gasteiger partial charge < -0.3 is 9.88 Å². The minimum atomic E-state index is 0.783. The number of halogens is 1. The van der Waals surface area contributed by atoms with E-state index in [0.717, 1.165) is 30.2 Å². The van der Waals surface area contributed by atoms with Crippen LogP contribution in [0.15, 0.2) is 24.3 Å². The Morgan fingerprint density at radius 3 is 2.81 bits per heavy atom. The minimum Gasteiger partial charge on any atom is -0.345 e. The molecule has 86 valence electrons. The van der Waals surface area contributed by atoms with Crippen molar-refractivity contribution in [3.8, 4) is 0 Å². The summed E-state index contributed by atoms with van der Waals surface area (Å²) < 4.78 is 0. The molecule has 0 aliphatic carbocycles. The first-order chi connectivity index (χ1) is 7.72. The molecule has 1 heterocycles. The van der Waals surface area contributed by atoms with Crippen LogP contribution in [0, 0.1) is 0 Å². The molecule has 2 rings (SSSR count). The number of H-pyrrole nitrogens is 1. The summed E-state index contributed by atoms with van der Waals surface area (Å²) in [6.07, 6.45) is 0.993. The molecule has 16 heavy (non-hydrogen) atoms. The van der Waals surface area contributed by atoms with Gasteiger partial charge in [-0.05, 0) is 31.6 Å². The third kappa shape index (κ3) is 2.23. The van der Waals surface area contributed by atoms with E-state index in [1.807, 2.05) is 6.07 Å². The first kappa shape index (κ1) is 11.5. The minimum absolute atomic E-state index is 0.783. The Morgan fingerprint density at radius 1 is 1.31 bits per heavy atom. The van der Waals surface area contributed by atoms with E-state index in [1.54, 1.807) is 0 Å². The SMILES string of the molecule is CCN(C)CCc1c(Cl)[nH]c2ccccc12. The van der Waals surface area contributed by atoms with E-state index in [9.17, 15) is 0 Å². The van der Waals surface area contributed by atoms with E-state index < -0.39 is 0 Å². The van der Waals surface area contributed by atoms with Gasteiger partial charge >= 0.3 is 0 Å². The van der Waals surface area contributed by atoms with Gasteiger partial charge in [0.1, 0.15) is 5.15 Å². The number of rotatable bonds is 4. The van der Waals surface area contributed by atoms with Gasteiger partial charge in [0.05, 0.1) is 0 Å². The monoisotopic (exact) mass is 236 g/mol. The Kier molecular flexibility index (Phi) is 3.52. The summed E-state index contributed by atoms with van der Waals surface area (Å²) in [4.78, 5) is 5.51. The largest absolute Gasteiger partial charge is 0.345 e. The first-order valence-electron chi connectivity index (χ1n) is 5.66. The lowest BCUT2D eigenvalue weighted by Crippen LogP contribution is -2.20. The molecule has 0 atom stereocenters. The van der Waals surface area contributed by atoms with Crippen LogP contribution in [-0.2, 0) is 6.42 Å². The van der Waals surface area contributed by atoms with Crippen LogP contribution < -0.4 is 0 Å². The zero-order valence-electron chi connectivity index (χ0n) is 9.76. The smallest absolute Gasteiger partial charge is 0.110 e. The van der Waals surface area contributed by atoms with Crippen molar-refractivity contribution in [1.82, 2.24) is 9.88 Å². The van der Waals surface area contributed by atoms with Crippen molar-refractivity contribution < 1.29 is 0 Å². The average molecular weight is 237 g/mol. The van der Waals surface area contributed by atoms with Crippen LogP contribution in [0.25, 0.3) is 10.9 Å². The van der Waals surface area contributed by atoms with Crippen molar-refractivity contribution >= 4 is 22.5 Å². The maximum Gasteiger partial charge on any atom is 0.110 e. The molecule has 3 heteroatoms. The Hall–Kier alpha value is -0.990. The van der Waals surface area contributed by atoms with Gasteiger partial charge in [0, 0.05) is 17.4 Å². The summed E-state index contributed by atoms with van der Waals surface area (Å²) in [6.45, 7) is 4.27. The molecule has 0 saturated carbocycles. The molecule has 2 nitrogen and oxygen atoms in total. The van der Waals surface area contributed by atoms with Gasteiger partial charge in [0.15, 0.2) is 0 Å². The van der Waals surface area contributed by atoms with Crippen molar-refractivity contribution in [2.75, 3.05) is 20.1 Å². The zero-order valence-corrected chi connectivity index (χ0v) is 10.5. The normalized spacial score (nSPS) is 11.5. The van der Waals surface area contributed by atoms with Gasteiger partial charge in [-0.3, -0.25) is 0 Å². The highest BCUT2D eigenvalue weighted by molar-refractivity contribution is 6.31. The fourth-order valence-electron chi connectivity index (χ4n) is 1.87. The van der Waals surface area contributed by atoms with Gasteiger partial charge in [-0.1, -0.05) is 36.7 Å². The molecule has 2 aromatic rings. The zero-order chi connectivity index (χ0) is 11.5. The molecule has 0 unspecified atom stereocenters. The van der Waals surface area contributed by atoms with E-state index in [-0.39, 0.29) is 0 Å². The van der Waals surface area contributed by atoms with Gasteiger partial charge in [-0.25, -0.2) is 0 Å². The summed E-state index contributed by atoms with van der Waals surface area (Å²) in [5, 5.41) is 2.03. The summed E-state index contributed by atoms with van der Waals surface area (Å²) in [5.74, 6) is 0. The highest BCUT2D eigenvalue weighted by Gasteiger charge is 2.09. The average Bonchev–Trinajstić information content (AvgIpc) is 2.62. The molecular weight excluding hydrogens is 220 g/mol. The van der Waals surface area contributed by atoms with Crippen LogP contribution in [0.5, 0.6) is 0 Å². The van der Waals surface area contributed by atoms with Crippen LogP contribution in [0.3, 0.4) is 0 Å². The standard InChI is InChI=1S/C13H17ClN2/c1-3-16(2)9-8-11-10-6-4-5-7-12(10)15-13(11)14/h4-7,15H,3,8-9H2,1-2H3. The van der Waals surface area contributed by atoms with E-state index in [4.69, 9.17) is 11.6 Å². The number of fused-ring (bicyclic) bond motifs is 1. The molecule has 0 aliphatic heterocycles. The second-order valence-electron chi connectivity index (χ2n) is 4.11. The molecule has 0 aliphatic rings. The second kappa shape index (κ2) is 4.89. The number of benzene rings is 1. The predicted molar refractivity (Wildman–Crippen MR) is 70.2 cm³/mol. The third-order valence-electron chi connectivity index (χ3n) is 3.04. The Balaban J connectivity index is 2.26. The summed E-state index contributed by atoms with van der Waals surface area (Å²) >= 11 is 6.22. The number of aromatic nitrogens is 1. The van der Waals surface area contributed by atoms with Crippen LogP contribution in [-0.4, -0.2) is 30.0 Å². The summed E-state index contributed by atoms with van der Waals surface area (Å²) in [5.41, 5.74) is 2.36. The van der Waals surface area contributed by atoms with Gasteiger partial charge in [-0.15, -0.1) is 0 Å². The molecule has 0 saturated heterocycles. The van der Waals surface area contributed by atoms with E-state index in [2.05, 4.69) is 42.1 Å². The molecule has 1 aromatic heterocycles. The second-order valence-corrected chi connectivity index (χ2v) is 4.49. The van der Waals surface area contributed by atoms with E-state index in [1.165, 1.54) is 10.9 Å². The topological polar surface area (TPSA) is 19.0 Å². The molecule has 0 amide bonds. The van der Waals surface area contributed by atoms with Gasteiger partial charge in [0.2, 0.25) is 0 Å². The van der Waals surface area contributed by atoms with E-state index in [0.29, 0.717) is 0 Å². The van der Waals surface area contributed by atoms with Crippen LogP contribution in [0.4, 0.5) is 0 Å². The maximum absolute atomic E-state index is 6.22. The number of hydrogen-bond donors (Lipinski definition) is 1. The molecule has 0 radical (unpaired) electrons. The molecule has 1 N–H and O–H groups in total. The fraction of sp³-hybridized carbons (Fsp3) is 0.385. The molecule has 0 spiro atoms. The first-order valence-corrected chi connectivity index (χ1v) is 6.03. The Morgan fingerprint density at radius 2 is 2.06 bits per heavy atom. The third-order valence-corrected chi connectivity index (χ3v) is 3.37. The van der Waals surface area contributed by atoms with Gasteiger partial charge in [0.25, 0.3) is 0 Å². The molecular formula is C13H17ClN2. The highest BCUT2D eigenvalue weighted by Crippen LogP contribution is 2.26. The predicted octanol–water partition coefficient (Wildman–Crippen LogP) is 3.32. The molecule has 1 aromatic carbocycles. The number of likely N-dealkylation sites (N-methyl/N-ethyl adjacent to an activating group) is 1. The van der Waals surface area contributed by atoms with E-state index >= 15 is 0 Å². The van der Waals surface area contributed by atoms with Crippen molar-refractivity contribution in [2.45, 2.75) is 13.3 Å². The number of para-hydroxylation sites is 1. The highest BCUT2D eigenvalue weighted by atomic mass is 35.5.